The highest BCUT2D eigenvalue weighted by Crippen LogP contribution is 2.36. The lowest BCUT2D eigenvalue weighted by molar-refractivity contribution is 1.07. The van der Waals surface area contributed by atoms with E-state index in [1.165, 1.54) is 16.3 Å². The van der Waals surface area contributed by atoms with Crippen molar-refractivity contribution in [3.63, 3.8) is 0 Å². The predicted molar refractivity (Wildman–Crippen MR) is 162 cm³/mol. The topological polar surface area (TPSA) is 51.6 Å². The van der Waals surface area contributed by atoms with Crippen LogP contribution < -0.4 is 0 Å². The van der Waals surface area contributed by atoms with Gasteiger partial charge in [0, 0.05) is 29.1 Å². The zero-order valence-electron chi connectivity index (χ0n) is 21.6. The van der Waals surface area contributed by atoms with E-state index in [0.29, 0.717) is 17.5 Å². The first-order valence-corrected chi connectivity index (χ1v) is 13.2. The van der Waals surface area contributed by atoms with Gasteiger partial charge in [0.25, 0.3) is 0 Å². The molecule has 0 bridgehead atoms. The average molecular weight is 513 g/mol. The van der Waals surface area contributed by atoms with Gasteiger partial charge >= 0.3 is 0 Å². The lowest BCUT2D eigenvalue weighted by Crippen LogP contribution is -2.00. The van der Waals surface area contributed by atoms with E-state index < -0.39 is 0 Å². The Bertz CT molecular complexity index is 1880. The standard InChI is InChI=1S/C36H24N4/c1-3-10-26(11-4-1)34-38-35(27-12-5-2-6-13-27)40-36(39-34)29-15-9-14-28(24-29)31-19-18-30(25-20-22-37-23-21-25)32-16-7-8-17-33(31)32/h1-24H. The molecule has 0 saturated carbocycles. The van der Waals surface area contributed by atoms with E-state index in [1.807, 2.05) is 73.1 Å². The van der Waals surface area contributed by atoms with Crippen LogP contribution in [-0.4, -0.2) is 19.9 Å². The fourth-order valence-corrected chi connectivity index (χ4v) is 5.10. The summed E-state index contributed by atoms with van der Waals surface area (Å²) in [5.74, 6) is 1.95. The number of rotatable bonds is 5. The first-order valence-electron chi connectivity index (χ1n) is 13.2. The Morgan fingerprint density at radius 3 is 1.35 bits per heavy atom. The van der Waals surface area contributed by atoms with Gasteiger partial charge in [-0.05, 0) is 51.2 Å². The molecule has 7 rings (SSSR count). The molecule has 0 aliphatic rings. The Balaban J connectivity index is 1.37. The summed E-state index contributed by atoms with van der Waals surface area (Å²) in [7, 11) is 0. The molecule has 188 valence electrons. The molecule has 0 saturated heterocycles. The van der Waals surface area contributed by atoms with Crippen molar-refractivity contribution in [1.82, 2.24) is 19.9 Å². The van der Waals surface area contributed by atoms with E-state index in [4.69, 9.17) is 15.0 Å². The molecule has 2 aromatic heterocycles. The Hall–Kier alpha value is -5.48. The molecule has 7 aromatic rings. The second-order valence-electron chi connectivity index (χ2n) is 9.56. The summed E-state index contributed by atoms with van der Waals surface area (Å²) >= 11 is 0. The van der Waals surface area contributed by atoms with Crippen LogP contribution >= 0.6 is 0 Å². The zero-order valence-corrected chi connectivity index (χ0v) is 21.6. The van der Waals surface area contributed by atoms with E-state index in [9.17, 15) is 0 Å². The Morgan fingerprint density at radius 2 is 0.775 bits per heavy atom. The summed E-state index contributed by atoms with van der Waals surface area (Å²) in [4.78, 5) is 18.9. The van der Waals surface area contributed by atoms with Crippen LogP contribution in [0.5, 0.6) is 0 Å². The third kappa shape index (κ3) is 4.52. The van der Waals surface area contributed by atoms with E-state index in [1.54, 1.807) is 0 Å². The molecule has 0 fully saturated rings. The summed E-state index contributed by atoms with van der Waals surface area (Å²) in [5.41, 5.74) is 7.47. The molecule has 0 spiro atoms. The summed E-state index contributed by atoms with van der Waals surface area (Å²) in [5, 5.41) is 2.40. The van der Waals surface area contributed by atoms with Crippen LogP contribution in [0.15, 0.2) is 146 Å². The van der Waals surface area contributed by atoms with Crippen molar-refractivity contribution < 1.29 is 0 Å². The third-order valence-electron chi connectivity index (χ3n) is 7.05. The van der Waals surface area contributed by atoms with Crippen molar-refractivity contribution in [1.29, 1.82) is 0 Å². The van der Waals surface area contributed by atoms with Gasteiger partial charge in [-0.3, -0.25) is 4.98 Å². The van der Waals surface area contributed by atoms with Crippen LogP contribution in [0.2, 0.25) is 0 Å². The van der Waals surface area contributed by atoms with Crippen molar-refractivity contribution in [2.75, 3.05) is 0 Å². The molecule has 0 aliphatic heterocycles. The van der Waals surface area contributed by atoms with E-state index in [2.05, 4.69) is 77.8 Å². The average Bonchev–Trinajstić information content (AvgIpc) is 3.05. The lowest BCUT2D eigenvalue weighted by Gasteiger charge is -2.13. The molecule has 4 heteroatoms. The van der Waals surface area contributed by atoms with Gasteiger partial charge in [0.1, 0.15) is 0 Å². The molecule has 4 nitrogen and oxygen atoms in total. The number of hydrogen-bond donors (Lipinski definition) is 0. The molecular formula is C36H24N4. The summed E-state index contributed by atoms with van der Waals surface area (Å²) in [6.45, 7) is 0. The molecule has 0 amide bonds. The van der Waals surface area contributed by atoms with Crippen molar-refractivity contribution in [2.45, 2.75) is 0 Å². The number of aromatic nitrogens is 4. The highest BCUT2D eigenvalue weighted by Gasteiger charge is 2.14. The smallest absolute Gasteiger partial charge is 0.164 e. The highest BCUT2D eigenvalue weighted by molar-refractivity contribution is 6.05. The maximum absolute atomic E-state index is 4.92. The maximum atomic E-state index is 4.92. The monoisotopic (exact) mass is 512 g/mol. The minimum absolute atomic E-state index is 0.646. The summed E-state index contributed by atoms with van der Waals surface area (Å²) in [6.07, 6.45) is 3.67. The highest BCUT2D eigenvalue weighted by atomic mass is 15.0. The van der Waals surface area contributed by atoms with Crippen LogP contribution in [0.1, 0.15) is 0 Å². The zero-order chi connectivity index (χ0) is 26.7. The molecule has 0 radical (unpaired) electrons. The second-order valence-corrected chi connectivity index (χ2v) is 9.56. The normalized spacial score (nSPS) is 11.0. The number of pyridine rings is 1. The van der Waals surface area contributed by atoms with Crippen LogP contribution in [0.25, 0.3) is 67.2 Å². The maximum Gasteiger partial charge on any atom is 0.164 e. The number of hydrogen-bond acceptors (Lipinski definition) is 4. The largest absolute Gasteiger partial charge is 0.265 e. The van der Waals surface area contributed by atoms with Crippen molar-refractivity contribution in [3.8, 4) is 56.4 Å². The molecule has 0 unspecified atom stereocenters. The minimum atomic E-state index is 0.646. The Labute approximate surface area is 232 Å². The molecule has 0 atom stereocenters. The molecule has 2 heterocycles. The van der Waals surface area contributed by atoms with Crippen molar-refractivity contribution >= 4 is 10.8 Å². The first-order chi connectivity index (χ1) is 19.8. The van der Waals surface area contributed by atoms with Gasteiger partial charge in [0.15, 0.2) is 17.5 Å². The number of nitrogens with zero attached hydrogens (tertiary/aromatic N) is 4. The molecule has 0 N–H and O–H groups in total. The first kappa shape index (κ1) is 23.6. The van der Waals surface area contributed by atoms with Crippen molar-refractivity contribution in [3.05, 3.63) is 146 Å². The Morgan fingerprint density at radius 1 is 0.325 bits per heavy atom. The summed E-state index contributed by atoms with van der Waals surface area (Å²) < 4.78 is 0. The van der Waals surface area contributed by atoms with Crippen molar-refractivity contribution in [2.24, 2.45) is 0 Å². The second kappa shape index (κ2) is 10.4. The Kier molecular flexibility index (Phi) is 6.11. The molecular weight excluding hydrogens is 488 g/mol. The minimum Gasteiger partial charge on any atom is -0.265 e. The SMILES string of the molecule is c1ccc(-c2nc(-c3ccccc3)nc(-c3cccc(-c4ccc(-c5ccncc5)c5ccccc45)c3)n2)cc1. The van der Waals surface area contributed by atoms with E-state index in [0.717, 1.165) is 33.4 Å². The lowest BCUT2D eigenvalue weighted by atomic mass is 9.92. The fourth-order valence-electron chi connectivity index (χ4n) is 5.10. The third-order valence-corrected chi connectivity index (χ3v) is 7.05. The van der Waals surface area contributed by atoms with Gasteiger partial charge in [-0.25, -0.2) is 15.0 Å². The predicted octanol–water partition coefficient (Wildman–Crippen LogP) is 8.75. The van der Waals surface area contributed by atoms with Gasteiger partial charge in [-0.2, -0.15) is 0 Å². The van der Waals surface area contributed by atoms with Gasteiger partial charge < -0.3 is 0 Å². The number of benzene rings is 5. The van der Waals surface area contributed by atoms with Gasteiger partial charge in [0.05, 0.1) is 0 Å². The van der Waals surface area contributed by atoms with Gasteiger partial charge in [0.2, 0.25) is 0 Å². The quantitative estimate of drug-likeness (QED) is 0.231. The van der Waals surface area contributed by atoms with Gasteiger partial charge in [-0.15, -0.1) is 0 Å². The molecule has 5 aromatic carbocycles. The van der Waals surface area contributed by atoms with Crippen LogP contribution in [0.4, 0.5) is 0 Å². The summed E-state index contributed by atoms with van der Waals surface area (Å²) in [6, 6.07) is 45.6. The molecule has 0 aliphatic carbocycles. The number of fused-ring (bicyclic) bond motifs is 1. The van der Waals surface area contributed by atoms with Crippen LogP contribution in [0, 0.1) is 0 Å². The fraction of sp³-hybridized carbons (Fsp3) is 0. The van der Waals surface area contributed by atoms with Gasteiger partial charge in [-0.1, -0.05) is 115 Å². The van der Waals surface area contributed by atoms with E-state index >= 15 is 0 Å². The van der Waals surface area contributed by atoms with Crippen LogP contribution in [-0.2, 0) is 0 Å². The van der Waals surface area contributed by atoms with Crippen LogP contribution in [0.3, 0.4) is 0 Å². The molecule has 40 heavy (non-hydrogen) atoms. The van der Waals surface area contributed by atoms with E-state index in [-0.39, 0.29) is 0 Å².